The van der Waals surface area contributed by atoms with Crippen LogP contribution in [0.4, 0.5) is 4.79 Å². The van der Waals surface area contributed by atoms with Crippen molar-refractivity contribution in [1.82, 2.24) is 5.43 Å². The van der Waals surface area contributed by atoms with Gasteiger partial charge in [0.25, 0.3) is 0 Å². The van der Waals surface area contributed by atoms with Crippen molar-refractivity contribution in [3.05, 3.63) is 65.7 Å². The lowest BCUT2D eigenvalue weighted by Gasteiger charge is -2.06. The summed E-state index contributed by atoms with van der Waals surface area (Å²) in [7, 11) is 0. The number of benzene rings is 2. The molecule has 0 aliphatic rings. The Morgan fingerprint density at radius 2 is 1.85 bits per heavy atom. The standard InChI is InChI=1S/C15H15N3O2/c16-15(19)18-17-10-12-6-8-14(9-7-12)20-11-13-4-2-1-3-5-13/h1-10H,11H2,(H3,16,18,19)/b17-10-. The van der Waals surface area contributed by atoms with Gasteiger partial charge >= 0.3 is 6.03 Å². The van der Waals surface area contributed by atoms with E-state index in [0.29, 0.717) is 6.61 Å². The van der Waals surface area contributed by atoms with Gasteiger partial charge in [-0.3, -0.25) is 0 Å². The van der Waals surface area contributed by atoms with Gasteiger partial charge in [0, 0.05) is 0 Å². The first-order valence-electron chi connectivity index (χ1n) is 6.09. The van der Waals surface area contributed by atoms with Crippen LogP contribution in [0.3, 0.4) is 0 Å². The van der Waals surface area contributed by atoms with Crippen molar-refractivity contribution in [2.24, 2.45) is 10.8 Å². The van der Waals surface area contributed by atoms with E-state index in [1.54, 1.807) is 0 Å². The maximum Gasteiger partial charge on any atom is 0.332 e. The van der Waals surface area contributed by atoms with E-state index in [1.807, 2.05) is 54.6 Å². The van der Waals surface area contributed by atoms with Crippen LogP contribution < -0.4 is 15.9 Å². The third-order valence-corrected chi connectivity index (χ3v) is 2.52. The summed E-state index contributed by atoms with van der Waals surface area (Å²) in [6, 6.07) is 16.6. The Labute approximate surface area is 117 Å². The topological polar surface area (TPSA) is 76.7 Å². The van der Waals surface area contributed by atoms with Crippen LogP contribution >= 0.6 is 0 Å². The fourth-order valence-electron chi connectivity index (χ4n) is 1.56. The van der Waals surface area contributed by atoms with Gasteiger partial charge < -0.3 is 10.5 Å². The summed E-state index contributed by atoms with van der Waals surface area (Å²) in [5.41, 5.74) is 8.98. The van der Waals surface area contributed by atoms with Crippen LogP contribution in [0.2, 0.25) is 0 Å². The maximum atomic E-state index is 10.4. The second-order valence-electron chi connectivity index (χ2n) is 4.08. The highest BCUT2D eigenvalue weighted by atomic mass is 16.5. The number of nitrogens with one attached hydrogen (secondary N) is 1. The molecule has 3 N–H and O–H groups in total. The highest BCUT2D eigenvalue weighted by molar-refractivity contribution is 5.81. The van der Waals surface area contributed by atoms with Gasteiger partial charge in [-0.15, -0.1) is 0 Å². The number of amides is 2. The minimum absolute atomic E-state index is 0.525. The Hall–Kier alpha value is -2.82. The zero-order valence-corrected chi connectivity index (χ0v) is 10.8. The summed E-state index contributed by atoms with van der Waals surface area (Å²) in [5, 5.41) is 3.67. The monoisotopic (exact) mass is 269 g/mol. The van der Waals surface area contributed by atoms with Crippen LogP contribution in [0.5, 0.6) is 5.75 Å². The van der Waals surface area contributed by atoms with Crippen LogP contribution in [0.25, 0.3) is 0 Å². The van der Waals surface area contributed by atoms with Crippen LogP contribution in [0.1, 0.15) is 11.1 Å². The molecule has 20 heavy (non-hydrogen) atoms. The molecular weight excluding hydrogens is 254 g/mol. The van der Waals surface area contributed by atoms with Crippen LogP contribution in [0, 0.1) is 0 Å². The van der Waals surface area contributed by atoms with Gasteiger partial charge in [0.1, 0.15) is 12.4 Å². The maximum absolute atomic E-state index is 10.4. The van der Waals surface area contributed by atoms with Gasteiger partial charge in [0.2, 0.25) is 0 Å². The number of nitrogens with zero attached hydrogens (tertiary/aromatic N) is 1. The molecular formula is C15H15N3O2. The highest BCUT2D eigenvalue weighted by Gasteiger charge is 1.96. The number of hydrazone groups is 1. The quantitative estimate of drug-likeness (QED) is 0.645. The van der Waals surface area contributed by atoms with E-state index < -0.39 is 6.03 Å². The number of ether oxygens (including phenoxy) is 1. The first kappa shape index (κ1) is 13.6. The molecule has 0 radical (unpaired) electrons. The molecule has 0 heterocycles. The van der Waals surface area contributed by atoms with Crippen molar-refractivity contribution in [2.75, 3.05) is 0 Å². The second-order valence-corrected chi connectivity index (χ2v) is 4.08. The number of hydrogen-bond donors (Lipinski definition) is 2. The summed E-state index contributed by atoms with van der Waals surface area (Å²) in [5.74, 6) is 0.772. The highest BCUT2D eigenvalue weighted by Crippen LogP contribution is 2.13. The molecule has 0 unspecified atom stereocenters. The largest absolute Gasteiger partial charge is 0.489 e. The van der Waals surface area contributed by atoms with Gasteiger partial charge in [-0.2, -0.15) is 5.10 Å². The zero-order chi connectivity index (χ0) is 14.2. The van der Waals surface area contributed by atoms with Crippen LogP contribution in [0.15, 0.2) is 59.7 Å². The zero-order valence-electron chi connectivity index (χ0n) is 10.8. The van der Waals surface area contributed by atoms with Crippen molar-refractivity contribution in [2.45, 2.75) is 6.61 Å². The minimum atomic E-state index is -0.691. The van der Waals surface area contributed by atoms with Crippen molar-refractivity contribution in [1.29, 1.82) is 0 Å². The molecule has 0 fully saturated rings. The summed E-state index contributed by atoms with van der Waals surface area (Å²) in [6.07, 6.45) is 1.51. The van der Waals surface area contributed by atoms with E-state index in [-0.39, 0.29) is 0 Å². The molecule has 2 aromatic rings. The van der Waals surface area contributed by atoms with Gasteiger partial charge in [-0.1, -0.05) is 30.3 Å². The molecule has 0 aliphatic carbocycles. The number of hydrogen-bond acceptors (Lipinski definition) is 3. The predicted molar refractivity (Wildman–Crippen MR) is 77.5 cm³/mol. The van der Waals surface area contributed by atoms with Crippen molar-refractivity contribution >= 4 is 12.2 Å². The number of urea groups is 1. The molecule has 2 amide bonds. The lowest BCUT2D eigenvalue weighted by molar-refractivity contribution is 0.249. The van der Waals surface area contributed by atoms with Crippen molar-refractivity contribution in [3.63, 3.8) is 0 Å². The fourth-order valence-corrected chi connectivity index (χ4v) is 1.56. The number of carbonyl (C=O) groups excluding carboxylic acids is 1. The Kier molecular flexibility index (Phi) is 4.72. The van der Waals surface area contributed by atoms with E-state index in [4.69, 9.17) is 10.5 Å². The molecule has 0 spiro atoms. The summed E-state index contributed by atoms with van der Waals surface area (Å²) >= 11 is 0. The molecule has 0 atom stereocenters. The minimum Gasteiger partial charge on any atom is -0.489 e. The first-order chi connectivity index (χ1) is 9.74. The van der Waals surface area contributed by atoms with E-state index >= 15 is 0 Å². The molecule has 2 rings (SSSR count). The average Bonchev–Trinajstić information content (AvgIpc) is 2.47. The lowest BCUT2D eigenvalue weighted by Crippen LogP contribution is -2.24. The normalized spacial score (nSPS) is 10.4. The molecule has 0 saturated heterocycles. The van der Waals surface area contributed by atoms with E-state index in [2.05, 4.69) is 10.5 Å². The smallest absolute Gasteiger partial charge is 0.332 e. The van der Waals surface area contributed by atoms with Crippen LogP contribution in [-0.2, 0) is 6.61 Å². The number of rotatable bonds is 5. The summed E-state index contributed by atoms with van der Waals surface area (Å²) < 4.78 is 5.66. The Morgan fingerprint density at radius 1 is 1.15 bits per heavy atom. The van der Waals surface area contributed by atoms with E-state index in [9.17, 15) is 4.79 Å². The summed E-state index contributed by atoms with van der Waals surface area (Å²) in [4.78, 5) is 10.4. The SMILES string of the molecule is NC(=O)N/N=C\c1ccc(OCc2ccccc2)cc1. The molecule has 0 bridgehead atoms. The molecule has 2 aromatic carbocycles. The van der Waals surface area contributed by atoms with E-state index in [1.165, 1.54) is 6.21 Å². The molecule has 0 aliphatic heterocycles. The Balaban J connectivity index is 1.88. The Morgan fingerprint density at radius 3 is 2.50 bits per heavy atom. The number of nitrogens with two attached hydrogens (primary N) is 1. The summed E-state index contributed by atoms with van der Waals surface area (Å²) in [6.45, 7) is 0.525. The molecule has 0 aromatic heterocycles. The Bertz CT molecular complexity index is 580. The third-order valence-electron chi connectivity index (χ3n) is 2.52. The van der Waals surface area contributed by atoms with Gasteiger partial charge in [-0.05, 0) is 35.4 Å². The fraction of sp³-hybridized carbons (Fsp3) is 0.0667. The van der Waals surface area contributed by atoms with E-state index in [0.717, 1.165) is 16.9 Å². The van der Waals surface area contributed by atoms with Crippen LogP contribution in [-0.4, -0.2) is 12.2 Å². The lowest BCUT2D eigenvalue weighted by atomic mass is 10.2. The van der Waals surface area contributed by atoms with Gasteiger partial charge in [-0.25, -0.2) is 10.2 Å². The van der Waals surface area contributed by atoms with Gasteiger partial charge in [0.15, 0.2) is 0 Å². The van der Waals surface area contributed by atoms with Gasteiger partial charge in [0.05, 0.1) is 6.21 Å². The predicted octanol–water partition coefficient (Wildman–Crippen LogP) is 2.27. The third kappa shape index (κ3) is 4.45. The number of carbonyl (C=O) groups is 1. The second kappa shape index (κ2) is 6.94. The molecule has 102 valence electrons. The van der Waals surface area contributed by atoms with Crippen molar-refractivity contribution in [3.8, 4) is 5.75 Å². The first-order valence-corrected chi connectivity index (χ1v) is 6.09. The molecule has 5 heteroatoms. The number of primary amides is 1. The molecule has 5 nitrogen and oxygen atoms in total. The molecule has 0 saturated carbocycles. The average molecular weight is 269 g/mol. The van der Waals surface area contributed by atoms with Crippen molar-refractivity contribution < 1.29 is 9.53 Å².